The lowest BCUT2D eigenvalue weighted by atomic mass is 10.1. The van der Waals surface area contributed by atoms with Crippen LogP contribution in [0.3, 0.4) is 0 Å². The first-order chi connectivity index (χ1) is 14.9. The van der Waals surface area contributed by atoms with Gasteiger partial charge in [-0.05, 0) is 49.1 Å². The maximum atomic E-state index is 12.2. The molecule has 0 aromatic heterocycles. The molecule has 2 N–H and O–H groups in total. The summed E-state index contributed by atoms with van der Waals surface area (Å²) in [5, 5.41) is 6.66. The fourth-order valence-corrected chi connectivity index (χ4v) is 3.48. The van der Waals surface area contributed by atoms with Crippen molar-refractivity contribution in [2.75, 3.05) is 37.7 Å². The lowest BCUT2D eigenvalue weighted by Crippen LogP contribution is -2.40. The Morgan fingerprint density at radius 1 is 1.10 bits per heavy atom. The van der Waals surface area contributed by atoms with Crippen molar-refractivity contribution in [1.29, 1.82) is 0 Å². The zero-order valence-corrected chi connectivity index (χ0v) is 17.7. The van der Waals surface area contributed by atoms with Crippen molar-refractivity contribution in [3.63, 3.8) is 0 Å². The van der Waals surface area contributed by atoms with Gasteiger partial charge >= 0.3 is 6.18 Å². The molecule has 1 aliphatic rings. The second-order valence-corrected chi connectivity index (χ2v) is 7.56. The molecule has 1 unspecified atom stereocenters. The number of hydrogen-bond donors (Lipinski definition) is 2. The largest absolute Gasteiger partial charge is 0.484 e. The van der Waals surface area contributed by atoms with Gasteiger partial charge in [0.05, 0.1) is 6.54 Å². The Kier molecular flexibility index (Phi) is 8.03. The highest BCUT2D eigenvalue weighted by Gasteiger charge is 2.28. The summed E-state index contributed by atoms with van der Waals surface area (Å²) in [4.78, 5) is 7.00. The second kappa shape index (κ2) is 10.9. The molecule has 5 nitrogen and oxygen atoms in total. The van der Waals surface area contributed by atoms with E-state index in [0.717, 1.165) is 44.1 Å². The summed E-state index contributed by atoms with van der Waals surface area (Å²) in [6.45, 7) is 4.78. The standard InChI is InChI=1S/C23H29F3N4O/c1-2-27-22(28-14-18-8-10-21(11-9-18)31-17-23(24,25)26)29-15-19-12-13-30(16-19)20-6-4-3-5-7-20/h3-11,19H,2,12-17H2,1H3,(H2,27,28,29). The Morgan fingerprint density at radius 2 is 1.84 bits per heavy atom. The third-order valence-electron chi connectivity index (χ3n) is 5.06. The topological polar surface area (TPSA) is 48.9 Å². The molecule has 0 bridgehead atoms. The zero-order valence-electron chi connectivity index (χ0n) is 17.7. The second-order valence-electron chi connectivity index (χ2n) is 7.56. The number of nitrogens with zero attached hydrogens (tertiary/aromatic N) is 2. The number of nitrogens with one attached hydrogen (secondary N) is 2. The first kappa shape index (κ1) is 22.8. The number of halogens is 3. The Labute approximate surface area is 181 Å². The van der Waals surface area contributed by atoms with Crippen LogP contribution >= 0.6 is 0 Å². The van der Waals surface area contributed by atoms with Crippen molar-refractivity contribution in [2.24, 2.45) is 10.9 Å². The van der Waals surface area contributed by atoms with Crippen molar-refractivity contribution in [3.05, 3.63) is 60.2 Å². The fourth-order valence-electron chi connectivity index (χ4n) is 3.48. The molecule has 1 atom stereocenters. The number of rotatable bonds is 8. The number of benzene rings is 2. The van der Waals surface area contributed by atoms with Gasteiger partial charge < -0.3 is 20.3 Å². The minimum Gasteiger partial charge on any atom is -0.484 e. The van der Waals surface area contributed by atoms with Crippen LogP contribution in [-0.4, -0.2) is 44.9 Å². The van der Waals surface area contributed by atoms with Crippen LogP contribution in [0.2, 0.25) is 0 Å². The number of ether oxygens (including phenoxy) is 1. The maximum absolute atomic E-state index is 12.2. The first-order valence-corrected chi connectivity index (χ1v) is 10.5. The molecule has 0 spiro atoms. The van der Waals surface area contributed by atoms with Crippen LogP contribution in [0.5, 0.6) is 5.75 Å². The number of aliphatic imine (C=N–C) groups is 1. The summed E-state index contributed by atoms with van der Waals surface area (Å²) in [5.74, 6) is 1.46. The van der Waals surface area contributed by atoms with Crippen LogP contribution in [0.25, 0.3) is 0 Å². The normalized spacial score (nSPS) is 17.0. The summed E-state index contributed by atoms with van der Waals surface area (Å²) in [7, 11) is 0. The van der Waals surface area contributed by atoms with Crippen LogP contribution in [-0.2, 0) is 6.54 Å². The molecule has 1 heterocycles. The zero-order chi connectivity index (χ0) is 22.1. The predicted molar refractivity (Wildman–Crippen MR) is 118 cm³/mol. The summed E-state index contributed by atoms with van der Waals surface area (Å²) in [6, 6.07) is 17.0. The quantitative estimate of drug-likeness (QED) is 0.483. The van der Waals surface area contributed by atoms with Gasteiger partial charge in [0.15, 0.2) is 12.6 Å². The lowest BCUT2D eigenvalue weighted by Gasteiger charge is -2.19. The smallest absolute Gasteiger partial charge is 0.422 e. The molecule has 2 aromatic carbocycles. The van der Waals surface area contributed by atoms with Gasteiger partial charge in [0.1, 0.15) is 5.75 Å². The van der Waals surface area contributed by atoms with Gasteiger partial charge in [-0.2, -0.15) is 13.2 Å². The van der Waals surface area contributed by atoms with E-state index in [0.29, 0.717) is 12.5 Å². The Morgan fingerprint density at radius 3 is 2.52 bits per heavy atom. The molecule has 1 aliphatic heterocycles. The minimum atomic E-state index is -4.34. The van der Waals surface area contributed by atoms with E-state index in [1.807, 2.05) is 13.0 Å². The molecule has 1 saturated heterocycles. The van der Waals surface area contributed by atoms with Crippen molar-refractivity contribution in [1.82, 2.24) is 10.6 Å². The van der Waals surface area contributed by atoms with Crippen molar-refractivity contribution >= 4 is 11.6 Å². The third-order valence-corrected chi connectivity index (χ3v) is 5.06. The van der Waals surface area contributed by atoms with Gasteiger partial charge in [0, 0.05) is 31.9 Å². The van der Waals surface area contributed by atoms with E-state index >= 15 is 0 Å². The van der Waals surface area contributed by atoms with Gasteiger partial charge in [-0.25, -0.2) is 4.99 Å². The van der Waals surface area contributed by atoms with E-state index in [1.54, 1.807) is 12.1 Å². The van der Waals surface area contributed by atoms with E-state index in [2.05, 4.69) is 44.8 Å². The number of para-hydroxylation sites is 1. The van der Waals surface area contributed by atoms with Gasteiger partial charge in [0.2, 0.25) is 0 Å². The van der Waals surface area contributed by atoms with Crippen molar-refractivity contribution in [2.45, 2.75) is 26.1 Å². The molecule has 0 amide bonds. The molecule has 2 aromatic rings. The van der Waals surface area contributed by atoms with E-state index in [4.69, 9.17) is 4.74 Å². The number of alkyl halides is 3. The monoisotopic (exact) mass is 434 g/mol. The predicted octanol–water partition coefficient (Wildman–Crippen LogP) is 4.21. The highest BCUT2D eigenvalue weighted by atomic mass is 19.4. The van der Waals surface area contributed by atoms with Gasteiger partial charge in [-0.3, -0.25) is 0 Å². The molecule has 0 aliphatic carbocycles. The highest BCUT2D eigenvalue weighted by Crippen LogP contribution is 2.23. The van der Waals surface area contributed by atoms with Gasteiger partial charge in [0.25, 0.3) is 0 Å². The average molecular weight is 435 g/mol. The minimum absolute atomic E-state index is 0.194. The molecular weight excluding hydrogens is 405 g/mol. The Hall–Kier alpha value is -2.90. The molecular formula is C23H29F3N4O. The van der Waals surface area contributed by atoms with Crippen LogP contribution in [0.15, 0.2) is 59.6 Å². The number of anilines is 1. The molecule has 8 heteroatoms. The summed E-state index contributed by atoms with van der Waals surface area (Å²) >= 11 is 0. The SMILES string of the molecule is CCNC(=NCc1ccc(OCC(F)(F)F)cc1)NCC1CCN(c2ccccc2)C1. The maximum Gasteiger partial charge on any atom is 0.422 e. The summed E-state index contributed by atoms with van der Waals surface area (Å²) < 4.78 is 41.4. The average Bonchev–Trinajstić information content (AvgIpc) is 3.24. The molecule has 1 fully saturated rings. The molecule has 31 heavy (non-hydrogen) atoms. The summed E-state index contributed by atoms with van der Waals surface area (Å²) in [5.41, 5.74) is 2.15. The Bertz CT molecular complexity index is 825. The third kappa shape index (κ3) is 7.70. The molecule has 0 saturated carbocycles. The van der Waals surface area contributed by atoms with Gasteiger partial charge in [-0.15, -0.1) is 0 Å². The molecule has 0 radical (unpaired) electrons. The van der Waals surface area contributed by atoms with Crippen LogP contribution in [0, 0.1) is 5.92 Å². The number of guanidine groups is 1. The lowest BCUT2D eigenvalue weighted by molar-refractivity contribution is -0.153. The molecule has 3 rings (SSSR count). The summed E-state index contributed by atoms with van der Waals surface area (Å²) in [6.07, 6.45) is -3.21. The Balaban J connectivity index is 1.48. The highest BCUT2D eigenvalue weighted by molar-refractivity contribution is 5.79. The van der Waals surface area contributed by atoms with Crippen LogP contribution in [0.4, 0.5) is 18.9 Å². The van der Waals surface area contributed by atoms with E-state index in [-0.39, 0.29) is 5.75 Å². The van der Waals surface area contributed by atoms with Crippen LogP contribution < -0.4 is 20.3 Å². The fraction of sp³-hybridized carbons (Fsp3) is 0.435. The first-order valence-electron chi connectivity index (χ1n) is 10.5. The molecule has 168 valence electrons. The van der Waals surface area contributed by atoms with E-state index in [1.165, 1.54) is 17.8 Å². The van der Waals surface area contributed by atoms with Gasteiger partial charge in [-0.1, -0.05) is 30.3 Å². The van der Waals surface area contributed by atoms with Crippen molar-refractivity contribution < 1.29 is 17.9 Å². The van der Waals surface area contributed by atoms with Crippen LogP contribution in [0.1, 0.15) is 18.9 Å². The van der Waals surface area contributed by atoms with E-state index < -0.39 is 12.8 Å². The van der Waals surface area contributed by atoms with E-state index in [9.17, 15) is 13.2 Å². The van der Waals surface area contributed by atoms with Crippen molar-refractivity contribution in [3.8, 4) is 5.75 Å². The number of hydrogen-bond acceptors (Lipinski definition) is 3.